The van der Waals surface area contributed by atoms with E-state index in [-0.39, 0.29) is 18.4 Å². The first-order chi connectivity index (χ1) is 12.9. The van der Waals surface area contributed by atoms with E-state index in [0.29, 0.717) is 24.0 Å². The largest absolute Gasteiger partial charge is 0.209 e. The van der Waals surface area contributed by atoms with E-state index >= 15 is 0 Å². The summed E-state index contributed by atoms with van der Waals surface area (Å²) in [6, 6.07) is 8.24. The Hall–Kier alpha value is -2.17. The fourth-order valence-electron chi connectivity index (χ4n) is 2.88. The van der Waals surface area contributed by atoms with Gasteiger partial charge < -0.3 is 0 Å². The van der Waals surface area contributed by atoms with Crippen LogP contribution < -0.4 is 0 Å². The first kappa shape index (κ1) is 21.1. The zero-order valence-corrected chi connectivity index (χ0v) is 15.3. The molecule has 0 amide bonds. The molecule has 27 heavy (non-hydrogen) atoms. The quantitative estimate of drug-likeness (QED) is 0.240. The van der Waals surface area contributed by atoms with Gasteiger partial charge in [-0.1, -0.05) is 44.4 Å². The molecule has 5 heteroatoms. The molecule has 0 nitrogen and oxygen atoms in total. The van der Waals surface area contributed by atoms with Crippen LogP contribution >= 0.6 is 0 Å². The van der Waals surface area contributed by atoms with Gasteiger partial charge in [-0.3, -0.25) is 0 Å². The smallest absolute Gasteiger partial charge is 0.194 e. The number of benzene rings is 2. The minimum atomic E-state index is -1.50. The summed E-state index contributed by atoms with van der Waals surface area (Å²) in [7, 11) is 0. The molecule has 0 aliphatic heterocycles. The molecule has 0 unspecified atom stereocenters. The average molecular weight is 382 g/mol. The lowest BCUT2D eigenvalue weighted by molar-refractivity contribution is 0.445. The highest BCUT2D eigenvalue weighted by Gasteiger charge is 2.12. The Kier molecular flexibility index (Phi) is 8.01. The molecule has 0 radical (unpaired) electrons. The molecule has 0 atom stereocenters. The van der Waals surface area contributed by atoms with Crippen LogP contribution in [-0.4, -0.2) is 0 Å². The Morgan fingerprint density at radius 3 is 2.15 bits per heavy atom. The van der Waals surface area contributed by atoms with Crippen molar-refractivity contribution in [2.75, 3.05) is 0 Å². The molecule has 0 saturated carbocycles. The van der Waals surface area contributed by atoms with Gasteiger partial charge in [-0.15, -0.1) is 0 Å². The van der Waals surface area contributed by atoms with Crippen LogP contribution in [0, 0.1) is 17.5 Å². The van der Waals surface area contributed by atoms with Crippen LogP contribution in [0.15, 0.2) is 42.2 Å². The number of rotatable bonds is 9. The summed E-state index contributed by atoms with van der Waals surface area (Å²) in [5, 5.41) is 0. The van der Waals surface area contributed by atoms with Crippen molar-refractivity contribution in [3.05, 3.63) is 76.4 Å². The molecule has 0 heterocycles. The van der Waals surface area contributed by atoms with Gasteiger partial charge in [0.2, 0.25) is 0 Å². The Balaban J connectivity index is 2.04. The van der Waals surface area contributed by atoms with Crippen molar-refractivity contribution in [2.24, 2.45) is 0 Å². The van der Waals surface area contributed by atoms with E-state index in [1.54, 1.807) is 12.1 Å². The number of unbranched alkanes of at least 4 members (excludes halogenated alkanes) is 3. The molecule has 146 valence electrons. The first-order valence-electron chi connectivity index (χ1n) is 9.19. The number of hydrogen-bond donors (Lipinski definition) is 0. The Bertz CT molecular complexity index is 772. The Morgan fingerprint density at radius 1 is 0.815 bits per heavy atom. The maximum Gasteiger partial charge on any atom is 0.194 e. The summed E-state index contributed by atoms with van der Waals surface area (Å²) < 4.78 is 67.8. The molecule has 0 spiro atoms. The minimum absolute atomic E-state index is 0.0736. The molecule has 0 aliphatic rings. The second kappa shape index (κ2) is 10.2. The molecule has 0 saturated heterocycles. The molecule has 2 aromatic rings. The lowest BCUT2D eigenvalue weighted by Crippen LogP contribution is -1.97. The van der Waals surface area contributed by atoms with Gasteiger partial charge >= 0.3 is 0 Å². The van der Waals surface area contributed by atoms with Crippen LogP contribution in [0.4, 0.5) is 22.0 Å². The lowest BCUT2D eigenvalue weighted by atomic mass is 10.0. The molecule has 0 aromatic heterocycles. The molecule has 0 aliphatic carbocycles. The number of halogens is 5. The molecule has 2 rings (SSSR count). The van der Waals surface area contributed by atoms with Gasteiger partial charge in [0.05, 0.1) is 0 Å². The van der Waals surface area contributed by atoms with Gasteiger partial charge in [-0.25, -0.2) is 22.0 Å². The van der Waals surface area contributed by atoms with Crippen LogP contribution in [0.5, 0.6) is 0 Å². The van der Waals surface area contributed by atoms with E-state index in [0.717, 1.165) is 31.4 Å². The summed E-state index contributed by atoms with van der Waals surface area (Å²) in [5.41, 5.74) is 1.15. The molecule has 0 N–H and O–H groups in total. The Labute approximate surface area is 156 Å². The number of aryl methyl sites for hydroxylation is 2. The highest BCUT2D eigenvalue weighted by molar-refractivity contribution is 5.61. The van der Waals surface area contributed by atoms with Crippen molar-refractivity contribution in [1.29, 1.82) is 0 Å². The highest BCUT2D eigenvalue weighted by Crippen LogP contribution is 2.26. The van der Waals surface area contributed by atoms with Gasteiger partial charge in [0, 0.05) is 12.0 Å². The van der Waals surface area contributed by atoms with Crippen LogP contribution in [0.25, 0.3) is 5.83 Å². The SMILES string of the molecule is CCCCCC/C(F)=C(\F)c1cccc(CCc2cc(F)c(F)c(F)c2)c1. The number of allylic oxidation sites excluding steroid dienone is 1. The van der Waals surface area contributed by atoms with Gasteiger partial charge in [0.1, 0.15) is 5.83 Å². The third-order valence-electron chi connectivity index (χ3n) is 4.41. The average Bonchev–Trinajstić information content (AvgIpc) is 2.67. The molecular weight excluding hydrogens is 359 g/mol. The molecular formula is C22H23F5. The van der Waals surface area contributed by atoms with Crippen LogP contribution in [-0.2, 0) is 12.8 Å². The van der Waals surface area contributed by atoms with E-state index < -0.39 is 29.1 Å². The highest BCUT2D eigenvalue weighted by atomic mass is 19.2. The van der Waals surface area contributed by atoms with Crippen LogP contribution in [0.3, 0.4) is 0 Å². The van der Waals surface area contributed by atoms with Crippen molar-refractivity contribution in [1.82, 2.24) is 0 Å². The minimum Gasteiger partial charge on any atom is -0.209 e. The Morgan fingerprint density at radius 2 is 1.48 bits per heavy atom. The van der Waals surface area contributed by atoms with Gasteiger partial charge in [-0.2, -0.15) is 0 Å². The van der Waals surface area contributed by atoms with Crippen molar-refractivity contribution in [3.63, 3.8) is 0 Å². The third-order valence-corrected chi connectivity index (χ3v) is 4.41. The van der Waals surface area contributed by atoms with Gasteiger partial charge in [0.15, 0.2) is 23.3 Å². The second-order valence-corrected chi connectivity index (χ2v) is 6.60. The third kappa shape index (κ3) is 6.19. The molecule has 0 fully saturated rings. The fourth-order valence-corrected chi connectivity index (χ4v) is 2.88. The van der Waals surface area contributed by atoms with E-state index in [4.69, 9.17) is 0 Å². The normalized spacial score (nSPS) is 12.2. The standard InChI is InChI=1S/C22H23F5/c1-2-3-4-5-9-18(23)21(26)17-8-6-7-15(12-17)10-11-16-13-19(24)22(27)20(25)14-16/h6-8,12-14H,2-5,9-11H2,1H3/b21-18+. The second-order valence-electron chi connectivity index (χ2n) is 6.60. The summed E-state index contributed by atoms with van der Waals surface area (Å²) in [6.45, 7) is 2.05. The van der Waals surface area contributed by atoms with Crippen LogP contribution in [0.1, 0.15) is 55.7 Å². The molecule has 2 aromatic carbocycles. The number of hydrogen-bond acceptors (Lipinski definition) is 0. The van der Waals surface area contributed by atoms with E-state index in [1.807, 2.05) is 6.92 Å². The van der Waals surface area contributed by atoms with Gasteiger partial charge in [-0.05, 0) is 48.6 Å². The summed E-state index contributed by atoms with van der Waals surface area (Å²) >= 11 is 0. The predicted octanol–water partition coefficient (Wildman–Crippen LogP) is 7.47. The van der Waals surface area contributed by atoms with Crippen molar-refractivity contribution < 1.29 is 22.0 Å². The van der Waals surface area contributed by atoms with E-state index in [1.165, 1.54) is 12.1 Å². The summed E-state index contributed by atoms with van der Waals surface area (Å²) in [4.78, 5) is 0. The predicted molar refractivity (Wildman–Crippen MR) is 98.1 cm³/mol. The zero-order valence-electron chi connectivity index (χ0n) is 15.3. The van der Waals surface area contributed by atoms with Crippen molar-refractivity contribution >= 4 is 5.83 Å². The molecule has 0 bridgehead atoms. The fraction of sp³-hybridized carbons (Fsp3) is 0.364. The van der Waals surface area contributed by atoms with Crippen molar-refractivity contribution in [2.45, 2.75) is 51.9 Å². The van der Waals surface area contributed by atoms with Crippen LogP contribution in [0.2, 0.25) is 0 Å². The monoisotopic (exact) mass is 382 g/mol. The van der Waals surface area contributed by atoms with E-state index in [9.17, 15) is 22.0 Å². The topological polar surface area (TPSA) is 0 Å². The van der Waals surface area contributed by atoms with E-state index in [2.05, 4.69) is 0 Å². The zero-order chi connectivity index (χ0) is 19.8. The summed E-state index contributed by atoms with van der Waals surface area (Å²) in [5.74, 6) is -5.60. The lowest BCUT2D eigenvalue weighted by Gasteiger charge is -2.07. The maximum atomic E-state index is 14.3. The van der Waals surface area contributed by atoms with Gasteiger partial charge in [0.25, 0.3) is 0 Å². The summed E-state index contributed by atoms with van der Waals surface area (Å²) in [6.07, 6.45) is 4.18. The van der Waals surface area contributed by atoms with Crippen molar-refractivity contribution in [3.8, 4) is 0 Å². The first-order valence-corrected chi connectivity index (χ1v) is 9.19. The maximum absolute atomic E-state index is 14.3.